The van der Waals surface area contributed by atoms with Gasteiger partial charge in [-0.3, -0.25) is 0 Å². The summed E-state index contributed by atoms with van der Waals surface area (Å²) in [7, 11) is 0. The minimum absolute atomic E-state index is 0.0625. The van der Waals surface area contributed by atoms with Gasteiger partial charge < -0.3 is 15.2 Å². The van der Waals surface area contributed by atoms with Gasteiger partial charge in [0.05, 0.1) is 23.7 Å². The Kier molecular flexibility index (Phi) is 3.66. The number of phenolic OH excluding ortho intramolecular Hbond substituents is 1. The molecule has 1 aromatic rings. The monoisotopic (exact) mass is 335 g/mol. The summed E-state index contributed by atoms with van der Waals surface area (Å²) in [5, 5.41) is 13.2. The van der Waals surface area contributed by atoms with Crippen molar-refractivity contribution >= 4 is 31.9 Å². The number of phenols is 1. The lowest BCUT2D eigenvalue weighted by Crippen LogP contribution is -2.34. The number of benzene rings is 1. The second kappa shape index (κ2) is 4.82. The summed E-state index contributed by atoms with van der Waals surface area (Å²) in [6, 6.07) is 3.79. The van der Waals surface area contributed by atoms with Crippen LogP contribution in [-0.2, 0) is 4.74 Å². The lowest BCUT2D eigenvalue weighted by molar-refractivity contribution is 0.0760. The van der Waals surface area contributed by atoms with E-state index in [9.17, 15) is 5.11 Å². The number of halogens is 2. The van der Waals surface area contributed by atoms with Crippen LogP contribution in [0.25, 0.3) is 0 Å². The van der Waals surface area contributed by atoms with E-state index < -0.39 is 0 Å². The molecule has 0 spiro atoms. The van der Waals surface area contributed by atoms with E-state index in [1.165, 1.54) is 0 Å². The Bertz CT molecular complexity index is 365. The fourth-order valence-electron chi connectivity index (χ4n) is 1.62. The Morgan fingerprint density at radius 1 is 1.40 bits per heavy atom. The van der Waals surface area contributed by atoms with Crippen molar-refractivity contribution in [2.75, 3.05) is 19.8 Å². The van der Waals surface area contributed by atoms with Crippen molar-refractivity contribution in [3.63, 3.8) is 0 Å². The minimum atomic E-state index is 0.0625. The number of ether oxygens (including phenoxy) is 1. The van der Waals surface area contributed by atoms with E-state index in [-0.39, 0.29) is 11.8 Å². The van der Waals surface area contributed by atoms with Gasteiger partial charge in [0.15, 0.2) is 0 Å². The normalized spacial score (nSPS) is 21.6. The van der Waals surface area contributed by atoms with Crippen molar-refractivity contribution < 1.29 is 9.84 Å². The predicted octanol–water partition coefficient (Wildman–Crippen LogP) is 2.58. The van der Waals surface area contributed by atoms with Crippen molar-refractivity contribution in [3.8, 4) is 5.75 Å². The lowest BCUT2D eigenvalue weighted by Gasteiger charge is -2.25. The topological polar surface area (TPSA) is 41.5 Å². The number of hydrogen-bond acceptors (Lipinski definition) is 3. The molecule has 1 saturated heterocycles. The molecule has 2 rings (SSSR count). The zero-order valence-corrected chi connectivity index (χ0v) is 11.1. The van der Waals surface area contributed by atoms with Crippen LogP contribution in [-0.4, -0.2) is 24.9 Å². The van der Waals surface area contributed by atoms with Gasteiger partial charge in [0.25, 0.3) is 0 Å². The number of hydrogen-bond donors (Lipinski definition) is 2. The van der Waals surface area contributed by atoms with Gasteiger partial charge in [-0.25, -0.2) is 0 Å². The van der Waals surface area contributed by atoms with Gasteiger partial charge in [-0.1, -0.05) is 15.9 Å². The first kappa shape index (κ1) is 11.4. The third kappa shape index (κ3) is 2.53. The van der Waals surface area contributed by atoms with Crippen LogP contribution in [0.5, 0.6) is 5.75 Å². The van der Waals surface area contributed by atoms with Gasteiger partial charge in [0.2, 0.25) is 0 Å². The zero-order chi connectivity index (χ0) is 10.8. The summed E-state index contributed by atoms with van der Waals surface area (Å²) in [6.45, 7) is 2.14. The molecule has 2 N–H and O–H groups in total. The summed E-state index contributed by atoms with van der Waals surface area (Å²) in [4.78, 5) is 0. The molecule has 1 aromatic carbocycles. The molecule has 0 aliphatic carbocycles. The molecule has 1 fully saturated rings. The highest BCUT2D eigenvalue weighted by Gasteiger charge is 2.20. The first-order valence-electron chi connectivity index (χ1n) is 4.67. The molecule has 1 aliphatic rings. The fourth-order valence-corrected chi connectivity index (χ4v) is 2.87. The number of aromatic hydroxyl groups is 1. The number of rotatable bonds is 1. The largest absolute Gasteiger partial charge is 0.506 e. The maximum Gasteiger partial charge on any atom is 0.134 e. The molecule has 0 saturated carbocycles. The highest BCUT2D eigenvalue weighted by Crippen LogP contribution is 2.35. The van der Waals surface area contributed by atoms with E-state index in [1.54, 1.807) is 0 Å². The van der Waals surface area contributed by atoms with Crippen molar-refractivity contribution in [1.29, 1.82) is 0 Å². The Hall–Kier alpha value is -0.100. The number of morpholine rings is 1. The average Bonchev–Trinajstić information content (AvgIpc) is 2.24. The summed E-state index contributed by atoms with van der Waals surface area (Å²) in [5.74, 6) is 0.279. The summed E-state index contributed by atoms with van der Waals surface area (Å²) >= 11 is 6.72. The first-order valence-corrected chi connectivity index (χ1v) is 6.26. The highest BCUT2D eigenvalue weighted by atomic mass is 79.9. The van der Waals surface area contributed by atoms with E-state index in [4.69, 9.17) is 4.74 Å². The molecule has 0 amide bonds. The van der Waals surface area contributed by atoms with Crippen LogP contribution in [0, 0.1) is 0 Å². The second-order valence-electron chi connectivity index (χ2n) is 3.41. The number of nitrogens with one attached hydrogen (secondary N) is 1. The molecular weight excluding hydrogens is 326 g/mol. The molecule has 5 heteroatoms. The Morgan fingerprint density at radius 3 is 2.87 bits per heavy atom. The molecule has 3 nitrogen and oxygen atoms in total. The van der Waals surface area contributed by atoms with Crippen LogP contribution >= 0.6 is 31.9 Å². The third-order valence-electron chi connectivity index (χ3n) is 2.35. The second-order valence-corrected chi connectivity index (χ2v) is 5.18. The van der Waals surface area contributed by atoms with Crippen molar-refractivity contribution in [2.45, 2.75) is 6.04 Å². The SMILES string of the molecule is Oc1c(Br)cc(Br)cc1[C@H]1COCCN1. The smallest absolute Gasteiger partial charge is 0.134 e. The lowest BCUT2D eigenvalue weighted by atomic mass is 10.1. The molecule has 0 radical (unpaired) electrons. The average molecular weight is 337 g/mol. The third-order valence-corrected chi connectivity index (χ3v) is 3.42. The Balaban J connectivity index is 2.33. The van der Waals surface area contributed by atoms with E-state index in [0.29, 0.717) is 11.1 Å². The maximum absolute atomic E-state index is 9.91. The minimum Gasteiger partial charge on any atom is -0.506 e. The maximum atomic E-state index is 9.91. The summed E-state index contributed by atoms with van der Waals surface area (Å²) in [5.41, 5.74) is 0.857. The van der Waals surface area contributed by atoms with E-state index in [0.717, 1.165) is 23.2 Å². The fraction of sp³-hybridized carbons (Fsp3) is 0.400. The highest BCUT2D eigenvalue weighted by molar-refractivity contribution is 9.11. The van der Waals surface area contributed by atoms with Gasteiger partial charge in [-0.15, -0.1) is 0 Å². The van der Waals surface area contributed by atoms with Gasteiger partial charge in [-0.05, 0) is 28.1 Å². The summed E-state index contributed by atoms with van der Waals surface area (Å²) < 4.78 is 7.00. The van der Waals surface area contributed by atoms with E-state index in [1.807, 2.05) is 12.1 Å². The van der Waals surface area contributed by atoms with Crippen LogP contribution in [0.15, 0.2) is 21.1 Å². The van der Waals surface area contributed by atoms with Crippen LogP contribution in [0.2, 0.25) is 0 Å². The quantitative estimate of drug-likeness (QED) is 0.828. The molecule has 82 valence electrons. The zero-order valence-electron chi connectivity index (χ0n) is 7.96. The van der Waals surface area contributed by atoms with Crippen LogP contribution in [0.3, 0.4) is 0 Å². The van der Waals surface area contributed by atoms with Crippen molar-refractivity contribution in [2.24, 2.45) is 0 Å². The molecule has 0 unspecified atom stereocenters. The van der Waals surface area contributed by atoms with Crippen LogP contribution in [0.1, 0.15) is 11.6 Å². The van der Waals surface area contributed by atoms with Crippen molar-refractivity contribution in [3.05, 3.63) is 26.6 Å². The standard InChI is InChI=1S/C10H11Br2NO2/c11-6-3-7(10(14)8(12)4-6)9-5-15-2-1-13-9/h3-4,9,13-14H,1-2,5H2/t9-/m1/s1. The van der Waals surface area contributed by atoms with Gasteiger partial charge in [-0.2, -0.15) is 0 Å². The van der Waals surface area contributed by atoms with Crippen LogP contribution in [0.4, 0.5) is 0 Å². The molecule has 1 heterocycles. The Labute approximate surface area is 105 Å². The van der Waals surface area contributed by atoms with E-state index in [2.05, 4.69) is 37.2 Å². The summed E-state index contributed by atoms with van der Waals surface area (Å²) in [6.07, 6.45) is 0. The molecule has 15 heavy (non-hydrogen) atoms. The molecule has 1 aliphatic heterocycles. The Morgan fingerprint density at radius 2 is 2.20 bits per heavy atom. The molecule has 0 bridgehead atoms. The van der Waals surface area contributed by atoms with Gasteiger partial charge >= 0.3 is 0 Å². The predicted molar refractivity (Wildman–Crippen MR) is 65.1 cm³/mol. The van der Waals surface area contributed by atoms with Crippen molar-refractivity contribution in [1.82, 2.24) is 5.32 Å². The molecular formula is C10H11Br2NO2. The van der Waals surface area contributed by atoms with Gasteiger partial charge in [0, 0.05) is 16.6 Å². The molecule has 0 aromatic heterocycles. The van der Waals surface area contributed by atoms with Crippen LogP contribution < -0.4 is 5.32 Å². The first-order chi connectivity index (χ1) is 7.18. The van der Waals surface area contributed by atoms with Gasteiger partial charge in [0.1, 0.15) is 5.75 Å². The van der Waals surface area contributed by atoms with E-state index >= 15 is 0 Å². The molecule has 1 atom stereocenters.